The molecule has 1 aromatic carbocycles. The molecular weight excluding hydrogens is 365 g/mol. The zero-order chi connectivity index (χ0) is 16.9. The molecule has 1 amide bonds. The van der Waals surface area contributed by atoms with Crippen LogP contribution in [0.15, 0.2) is 24.4 Å². The summed E-state index contributed by atoms with van der Waals surface area (Å²) in [5, 5.41) is 14.8. The molecule has 2 aromatic rings. The van der Waals surface area contributed by atoms with Crippen molar-refractivity contribution in [3.8, 4) is 5.75 Å². The molecule has 1 saturated heterocycles. The molecule has 7 nitrogen and oxygen atoms in total. The molecule has 0 bridgehead atoms. The molecule has 0 atom stereocenters. The standard InChI is InChI=1S/C16H20ClN5O2.ClH/c1-2-24-15-9-11(17)3-4-13(15)19-16(23)14-10-22(21-20-14)12-5-7-18-8-6-12;/h3-4,9-10,12,18H,2,5-8H2,1H3,(H,19,23);1H. The van der Waals surface area contributed by atoms with E-state index in [0.717, 1.165) is 25.9 Å². The van der Waals surface area contributed by atoms with Crippen LogP contribution in [0.25, 0.3) is 0 Å². The molecule has 1 aliphatic rings. The fourth-order valence-corrected chi connectivity index (χ4v) is 2.85. The highest BCUT2D eigenvalue weighted by molar-refractivity contribution is 6.30. The number of nitrogens with one attached hydrogen (secondary N) is 2. The number of piperidine rings is 1. The number of nitrogens with zero attached hydrogens (tertiary/aromatic N) is 3. The van der Waals surface area contributed by atoms with E-state index in [-0.39, 0.29) is 30.0 Å². The first kappa shape index (κ1) is 19.5. The van der Waals surface area contributed by atoms with Gasteiger partial charge in [-0.2, -0.15) is 0 Å². The Morgan fingerprint density at radius 3 is 2.92 bits per heavy atom. The van der Waals surface area contributed by atoms with E-state index < -0.39 is 0 Å². The molecule has 0 saturated carbocycles. The van der Waals surface area contributed by atoms with E-state index in [4.69, 9.17) is 16.3 Å². The van der Waals surface area contributed by atoms with Gasteiger partial charge in [-0.15, -0.1) is 17.5 Å². The third kappa shape index (κ3) is 4.84. The van der Waals surface area contributed by atoms with Gasteiger partial charge in [-0.1, -0.05) is 16.8 Å². The monoisotopic (exact) mass is 385 g/mol. The number of anilines is 1. The zero-order valence-electron chi connectivity index (χ0n) is 13.9. The van der Waals surface area contributed by atoms with Gasteiger partial charge in [0.05, 0.1) is 24.5 Å². The van der Waals surface area contributed by atoms with Crippen molar-refractivity contribution in [2.45, 2.75) is 25.8 Å². The Balaban J connectivity index is 0.00000225. The third-order valence-electron chi connectivity index (χ3n) is 3.92. The van der Waals surface area contributed by atoms with E-state index in [1.165, 1.54) is 0 Å². The first-order valence-electron chi connectivity index (χ1n) is 8.03. The maximum Gasteiger partial charge on any atom is 0.277 e. The maximum atomic E-state index is 12.4. The molecule has 25 heavy (non-hydrogen) atoms. The van der Waals surface area contributed by atoms with Gasteiger partial charge >= 0.3 is 0 Å². The van der Waals surface area contributed by atoms with Crippen LogP contribution >= 0.6 is 24.0 Å². The van der Waals surface area contributed by atoms with Gasteiger partial charge < -0.3 is 15.4 Å². The molecule has 1 aromatic heterocycles. The highest BCUT2D eigenvalue weighted by Gasteiger charge is 2.19. The first-order chi connectivity index (χ1) is 11.7. The molecule has 1 fully saturated rings. The van der Waals surface area contributed by atoms with Crippen LogP contribution in [0.1, 0.15) is 36.3 Å². The number of hydrogen-bond acceptors (Lipinski definition) is 5. The second-order valence-electron chi connectivity index (χ2n) is 5.59. The van der Waals surface area contributed by atoms with Crippen LogP contribution in [0.5, 0.6) is 5.75 Å². The minimum Gasteiger partial charge on any atom is -0.492 e. The minimum absolute atomic E-state index is 0. The van der Waals surface area contributed by atoms with Crippen LogP contribution < -0.4 is 15.4 Å². The number of carbonyl (C=O) groups excluding carboxylic acids is 1. The Hall–Kier alpha value is -1.83. The number of benzene rings is 1. The van der Waals surface area contributed by atoms with E-state index in [9.17, 15) is 4.79 Å². The fourth-order valence-electron chi connectivity index (χ4n) is 2.69. The summed E-state index contributed by atoms with van der Waals surface area (Å²) >= 11 is 5.97. The van der Waals surface area contributed by atoms with Gasteiger partial charge in [0.2, 0.25) is 0 Å². The highest BCUT2D eigenvalue weighted by Crippen LogP contribution is 2.28. The summed E-state index contributed by atoms with van der Waals surface area (Å²) in [4.78, 5) is 12.4. The topological polar surface area (TPSA) is 81.1 Å². The van der Waals surface area contributed by atoms with E-state index in [0.29, 0.717) is 23.1 Å². The number of halogens is 2. The van der Waals surface area contributed by atoms with Crippen LogP contribution in [0.2, 0.25) is 5.02 Å². The molecule has 0 radical (unpaired) electrons. The van der Waals surface area contributed by atoms with E-state index in [1.54, 1.807) is 29.1 Å². The van der Waals surface area contributed by atoms with Crippen molar-refractivity contribution in [3.05, 3.63) is 35.1 Å². The molecule has 136 valence electrons. The summed E-state index contributed by atoms with van der Waals surface area (Å²) < 4.78 is 7.29. The van der Waals surface area contributed by atoms with Gasteiger partial charge in [-0.25, -0.2) is 4.68 Å². The van der Waals surface area contributed by atoms with E-state index >= 15 is 0 Å². The summed E-state index contributed by atoms with van der Waals surface area (Å²) in [6.45, 7) is 4.26. The van der Waals surface area contributed by atoms with Crippen molar-refractivity contribution >= 4 is 35.6 Å². The molecule has 2 heterocycles. The number of rotatable bonds is 5. The Labute approximate surface area is 157 Å². The SMILES string of the molecule is CCOc1cc(Cl)ccc1NC(=O)c1cn(C2CCNCC2)nn1.Cl. The molecule has 9 heteroatoms. The van der Waals surface area contributed by atoms with Crippen LogP contribution in [-0.2, 0) is 0 Å². The molecule has 3 rings (SSSR count). The summed E-state index contributed by atoms with van der Waals surface area (Å²) in [6.07, 6.45) is 3.66. The Kier molecular flexibility index (Phi) is 7.04. The van der Waals surface area contributed by atoms with E-state index in [2.05, 4.69) is 20.9 Å². The lowest BCUT2D eigenvalue weighted by Gasteiger charge is -2.22. The largest absolute Gasteiger partial charge is 0.492 e. The predicted octanol–water partition coefficient (Wildman–Crippen LogP) is 2.93. The fraction of sp³-hybridized carbons (Fsp3) is 0.438. The van der Waals surface area contributed by atoms with Gasteiger partial charge in [0.25, 0.3) is 5.91 Å². The Bertz CT molecular complexity index is 716. The summed E-state index contributed by atoms with van der Waals surface area (Å²) in [5.74, 6) is 0.211. The highest BCUT2D eigenvalue weighted by atomic mass is 35.5. The summed E-state index contributed by atoms with van der Waals surface area (Å²) in [6, 6.07) is 5.37. The van der Waals surface area contributed by atoms with Crippen molar-refractivity contribution < 1.29 is 9.53 Å². The minimum atomic E-state index is -0.321. The van der Waals surface area contributed by atoms with Gasteiger partial charge in [-0.05, 0) is 45.0 Å². The molecule has 0 aliphatic carbocycles. The zero-order valence-corrected chi connectivity index (χ0v) is 15.4. The Morgan fingerprint density at radius 1 is 1.44 bits per heavy atom. The van der Waals surface area contributed by atoms with Crippen molar-refractivity contribution in [1.82, 2.24) is 20.3 Å². The van der Waals surface area contributed by atoms with Crippen LogP contribution in [-0.4, -0.2) is 40.6 Å². The summed E-state index contributed by atoms with van der Waals surface area (Å²) in [7, 11) is 0. The lowest BCUT2D eigenvalue weighted by atomic mass is 10.1. The second-order valence-corrected chi connectivity index (χ2v) is 6.03. The smallest absolute Gasteiger partial charge is 0.277 e. The van der Waals surface area contributed by atoms with Crippen molar-refractivity contribution in [2.24, 2.45) is 0 Å². The third-order valence-corrected chi connectivity index (χ3v) is 4.15. The average molecular weight is 386 g/mol. The Morgan fingerprint density at radius 2 is 2.20 bits per heavy atom. The molecule has 0 spiro atoms. The quantitative estimate of drug-likeness (QED) is 0.826. The van der Waals surface area contributed by atoms with Gasteiger partial charge in [-0.3, -0.25) is 4.79 Å². The van der Waals surface area contributed by atoms with Gasteiger partial charge in [0.15, 0.2) is 5.69 Å². The molecular formula is C16H21Cl2N5O2. The van der Waals surface area contributed by atoms with Crippen LogP contribution in [0.3, 0.4) is 0 Å². The first-order valence-corrected chi connectivity index (χ1v) is 8.41. The normalized spacial score (nSPS) is 14.6. The lowest BCUT2D eigenvalue weighted by Crippen LogP contribution is -2.29. The lowest BCUT2D eigenvalue weighted by molar-refractivity contribution is 0.102. The molecule has 1 aliphatic heterocycles. The van der Waals surface area contributed by atoms with Crippen molar-refractivity contribution in [1.29, 1.82) is 0 Å². The number of ether oxygens (including phenoxy) is 1. The average Bonchev–Trinajstić information content (AvgIpc) is 3.08. The molecule has 0 unspecified atom stereocenters. The maximum absolute atomic E-state index is 12.4. The van der Waals surface area contributed by atoms with Crippen molar-refractivity contribution in [3.63, 3.8) is 0 Å². The number of hydrogen-bond donors (Lipinski definition) is 2. The van der Waals surface area contributed by atoms with Gasteiger partial charge in [0.1, 0.15) is 5.75 Å². The predicted molar refractivity (Wildman–Crippen MR) is 99.0 cm³/mol. The van der Waals surface area contributed by atoms with E-state index in [1.807, 2.05) is 6.92 Å². The van der Waals surface area contributed by atoms with Crippen molar-refractivity contribution in [2.75, 3.05) is 25.0 Å². The van der Waals surface area contributed by atoms with Crippen LogP contribution in [0.4, 0.5) is 5.69 Å². The van der Waals surface area contributed by atoms with Crippen LogP contribution in [0, 0.1) is 0 Å². The number of carbonyl (C=O) groups is 1. The molecule has 2 N–H and O–H groups in total. The second kappa shape index (κ2) is 9.03. The summed E-state index contributed by atoms with van der Waals surface area (Å²) in [5.41, 5.74) is 0.841. The number of amides is 1. The number of aromatic nitrogens is 3. The van der Waals surface area contributed by atoms with Gasteiger partial charge in [0, 0.05) is 11.1 Å².